The average Bonchev–Trinajstić information content (AvgIpc) is 3.46. The number of benzene rings is 3. The van der Waals surface area contributed by atoms with Gasteiger partial charge in [-0.05, 0) is 85.0 Å². The lowest BCUT2D eigenvalue weighted by Crippen LogP contribution is -2.46. The molecule has 0 aliphatic carbocycles. The van der Waals surface area contributed by atoms with E-state index in [1.807, 2.05) is 24.3 Å². The van der Waals surface area contributed by atoms with Gasteiger partial charge in [0.25, 0.3) is 5.91 Å². The monoisotopic (exact) mass is 623 g/mol. The molecule has 2 unspecified atom stereocenters. The average molecular weight is 624 g/mol. The van der Waals surface area contributed by atoms with E-state index in [1.165, 1.54) is 11.0 Å². The van der Waals surface area contributed by atoms with Gasteiger partial charge in [0.2, 0.25) is 5.91 Å². The van der Waals surface area contributed by atoms with E-state index in [4.69, 9.17) is 0 Å². The van der Waals surface area contributed by atoms with Crippen molar-refractivity contribution >= 4 is 17.5 Å². The first-order chi connectivity index (χ1) is 21.2. The zero-order valence-corrected chi connectivity index (χ0v) is 26.3. The van der Waals surface area contributed by atoms with Crippen LogP contribution in [0.3, 0.4) is 0 Å². The van der Waals surface area contributed by atoms with Gasteiger partial charge in [-0.25, -0.2) is 4.39 Å². The minimum Gasteiger partial charge on any atom is -0.331 e. The molecule has 1 N–H and O–H groups in total. The van der Waals surface area contributed by atoms with E-state index in [1.54, 1.807) is 48.2 Å². The molecule has 5 rings (SSSR count). The highest BCUT2D eigenvalue weighted by Crippen LogP contribution is 2.39. The molecule has 3 aromatic carbocycles. The zero-order chi connectivity index (χ0) is 32.5. The molecule has 3 atom stereocenters. The van der Waals surface area contributed by atoms with E-state index in [2.05, 4.69) is 26.1 Å². The van der Waals surface area contributed by atoms with Crippen LogP contribution in [0.5, 0.6) is 0 Å². The van der Waals surface area contributed by atoms with Crippen molar-refractivity contribution in [2.24, 2.45) is 5.92 Å². The summed E-state index contributed by atoms with van der Waals surface area (Å²) in [6.07, 6.45) is -2.63. The quantitative estimate of drug-likeness (QED) is 0.282. The molecule has 5 nitrogen and oxygen atoms in total. The maximum atomic E-state index is 15.0. The van der Waals surface area contributed by atoms with E-state index in [-0.39, 0.29) is 29.9 Å². The van der Waals surface area contributed by atoms with Gasteiger partial charge in [0.1, 0.15) is 11.9 Å². The third-order valence-electron chi connectivity index (χ3n) is 9.11. The largest absolute Gasteiger partial charge is 0.404 e. The van der Waals surface area contributed by atoms with Crippen LogP contribution in [0.1, 0.15) is 85.1 Å². The number of halogens is 4. The molecule has 0 radical (unpaired) electrons. The normalized spacial score (nSPS) is 21.2. The Bertz CT molecular complexity index is 1510. The van der Waals surface area contributed by atoms with Crippen molar-refractivity contribution in [3.63, 3.8) is 0 Å². The predicted octanol–water partition coefficient (Wildman–Crippen LogP) is 8.19. The fourth-order valence-electron chi connectivity index (χ4n) is 6.70. The van der Waals surface area contributed by atoms with Crippen LogP contribution in [0, 0.1) is 18.7 Å². The van der Waals surface area contributed by atoms with Crippen LogP contribution in [0.25, 0.3) is 0 Å². The van der Waals surface area contributed by atoms with Crippen LogP contribution in [0.15, 0.2) is 66.7 Å². The Morgan fingerprint density at radius 3 is 2.27 bits per heavy atom. The van der Waals surface area contributed by atoms with Gasteiger partial charge in [-0.2, -0.15) is 13.2 Å². The highest BCUT2D eigenvalue weighted by Gasteiger charge is 2.46. The molecule has 0 saturated carbocycles. The number of likely N-dealkylation sites (tertiary alicyclic amines) is 2. The first-order valence-electron chi connectivity index (χ1n) is 15.6. The fourth-order valence-corrected chi connectivity index (χ4v) is 6.70. The molecule has 0 spiro atoms. The molecule has 2 heterocycles. The number of hydrogen-bond donors (Lipinski definition) is 1. The Hall–Kier alpha value is -3.72. The Morgan fingerprint density at radius 1 is 0.911 bits per heavy atom. The predicted molar refractivity (Wildman–Crippen MR) is 167 cm³/mol. The maximum absolute atomic E-state index is 15.0. The van der Waals surface area contributed by atoms with Gasteiger partial charge in [0.05, 0.1) is 17.5 Å². The molecule has 0 aromatic heterocycles. The van der Waals surface area contributed by atoms with Crippen LogP contribution < -0.4 is 5.32 Å². The molecule has 45 heavy (non-hydrogen) atoms. The molecule has 2 fully saturated rings. The maximum Gasteiger partial charge on any atom is 0.404 e. The van der Waals surface area contributed by atoms with Crippen molar-refractivity contribution in [2.75, 3.05) is 18.4 Å². The van der Waals surface area contributed by atoms with Crippen LogP contribution in [0.2, 0.25) is 0 Å². The summed E-state index contributed by atoms with van der Waals surface area (Å²) in [5, 5.41) is 3.06. The molecule has 2 aliphatic rings. The van der Waals surface area contributed by atoms with Gasteiger partial charge in [0.15, 0.2) is 0 Å². The van der Waals surface area contributed by atoms with Crippen molar-refractivity contribution in [3.05, 3.63) is 100 Å². The number of carbonyl (C=O) groups is 2. The molecule has 240 valence electrons. The van der Waals surface area contributed by atoms with Crippen molar-refractivity contribution in [2.45, 2.75) is 83.6 Å². The lowest BCUT2D eigenvalue weighted by atomic mass is 9.82. The van der Waals surface area contributed by atoms with Crippen molar-refractivity contribution in [3.8, 4) is 0 Å². The van der Waals surface area contributed by atoms with Crippen molar-refractivity contribution in [1.29, 1.82) is 0 Å². The Balaban J connectivity index is 1.46. The van der Waals surface area contributed by atoms with Gasteiger partial charge >= 0.3 is 6.18 Å². The summed E-state index contributed by atoms with van der Waals surface area (Å²) in [5.41, 5.74) is 3.47. The lowest BCUT2D eigenvalue weighted by molar-refractivity contribution is -0.177. The second-order valence-corrected chi connectivity index (χ2v) is 13.4. The summed E-state index contributed by atoms with van der Waals surface area (Å²) in [5.74, 6) is -1.99. The first kappa shape index (κ1) is 32.7. The topological polar surface area (TPSA) is 52.7 Å². The minimum absolute atomic E-state index is 0.0229. The zero-order valence-electron chi connectivity index (χ0n) is 26.3. The van der Waals surface area contributed by atoms with Gasteiger partial charge < -0.3 is 10.2 Å². The standard InChI is InChI=1S/C36H41F4N3O2/c1-23-9-5-13-29(37)31(23)34(45)43-20-7-12-28(33(44)41-27-11-6-10-26(21-27)35(2,3)4)32(43)25-17-15-24(16-18-25)22-42-19-8-14-30(42)36(38,39)40/h5-6,9-11,13,15-18,21,28,30,32H,7-8,12,14,19-20,22H2,1-4H3,(H,41,44)/t28?,30-,32?/m1/s1. The Morgan fingerprint density at radius 2 is 1.60 bits per heavy atom. The molecule has 2 saturated heterocycles. The summed E-state index contributed by atoms with van der Waals surface area (Å²) in [6.45, 7) is 8.83. The smallest absolute Gasteiger partial charge is 0.331 e. The van der Waals surface area contributed by atoms with Gasteiger partial charge in [-0.15, -0.1) is 0 Å². The lowest BCUT2D eigenvalue weighted by Gasteiger charge is -2.41. The van der Waals surface area contributed by atoms with E-state index in [0.717, 1.165) is 5.56 Å². The first-order valence-corrected chi connectivity index (χ1v) is 15.6. The van der Waals surface area contributed by atoms with Crippen molar-refractivity contribution in [1.82, 2.24) is 9.80 Å². The number of aryl methyl sites for hydroxylation is 1. The SMILES string of the molecule is Cc1cccc(F)c1C(=O)N1CCCC(C(=O)Nc2cccc(C(C)(C)C)c2)C1c1ccc(CN2CCC[C@@H]2C(F)(F)F)cc1. The van der Waals surface area contributed by atoms with Crippen LogP contribution >= 0.6 is 0 Å². The summed E-state index contributed by atoms with van der Waals surface area (Å²) in [4.78, 5) is 31.0. The third kappa shape index (κ3) is 7.24. The number of hydrogen-bond acceptors (Lipinski definition) is 3. The highest BCUT2D eigenvalue weighted by atomic mass is 19.4. The van der Waals surface area contributed by atoms with Gasteiger partial charge in [0, 0.05) is 18.8 Å². The van der Waals surface area contributed by atoms with E-state index < -0.39 is 35.9 Å². The fraction of sp³-hybridized carbons (Fsp3) is 0.444. The molecule has 0 bridgehead atoms. The van der Waals surface area contributed by atoms with Crippen LogP contribution in [0.4, 0.5) is 23.2 Å². The second-order valence-electron chi connectivity index (χ2n) is 13.4. The summed E-state index contributed by atoms with van der Waals surface area (Å²) >= 11 is 0. The summed E-state index contributed by atoms with van der Waals surface area (Å²) < 4.78 is 55.7. The number of alkyl halides is 3. The Kier molecular flexibility index (Phi) is 9.40. The third-order valence-corrected chi connectivity index (χ3v) is 9.11. The second kappa shape index (κ2) is 12.9. The highest BCUT2D eigenvalue weighted by molar-refractivity contribution is 5.98. The number of rotatable bonds is 6. The number of amides is 2. The number of anilines is 1. The van der Waals surface area contributed by atoms with Gasteiger partial charge in [-0.3, -0.25) is 14.5 Å². The van der Waals surface area contributed by atoms with E-state index in [0.29, 0.717) is 54.7 Å². The van der Waals surface area contributed by atoms with E-state index >= 15 is 4.39 Å². The van der Waals surface area contributed by atoms with Crippen LogP contribution in [-0.4, -0.2) is 46.9 Å². The number of piperidine rings is 1. The molecular weight excluding hydrogens is 582 g/mol. The number of carbonyl (C=O) groups excluding carboxylic acids is 2. The van der Waals surface area contributed by atoms with Crippen LogP contribution in [-0.2, 0) is 16.8 Å². The summed E-state index contributed by atoms with van der Waals surface area (Å²) in [6, 6.07) is 17.2. The molecular formula is C36H41F4N3O2. The van der Waals surface area contributed by atoms with Gasteiger partial charge in [-0.1, -0.05) is 69.3 Å². The molecule has 3 aromatic rings. The number of nitrogens with zero attached hydrogens (tertiary/aromatic N) is 2. The van der Waals surface area contributed by atoms with Crippen molar-refractivity contribution < 1.29 is 27.2 Å². The molecule has 2 aliphatic heterocycles. The molecule has 2 amide bonds. The van der Waals surface area contributed by atoms with E-state index in [9.17, 15) is 22.8 Å². The number of nitrogens with one attached hydrogen (secondary N) is 1. The Labute approximate surface area is 262 Å². The molecule has 9 heteroatoms. The minimum atomic E-state index is -4.28. The summed E-state index contributed by atoms with van der Waals surface area (Å²) in [7, 11) is 0.